The zero-order chi connectivity index (χ0) is 20.0. The number of carboxylic acid groups (broad SMARTS) is 1. The minimum Gasteiger partial charge on any atom is -0.481 e. The lowest BCUT2D eigenvalue weighted by atomic mass is 9.96. The second kappa shape index (κ2) is 7.33. The van der Waals surface area contributed by atoms with Gasteiger partial charge in [0.1, 0.15) is 10.6 Å². The van der Waals surface area contributed by atoms with Gasteiger partial charge in [-0.25, -0.2) is 4.98 Å². The van der Waals surface area contributed by atoms with Crippen LogP contribution in [0.15, 0.2) is 18.2 Å². The Morgan fingerprint density at radius 3 is 2.54 bits per heavy atom. The summed E-state index contributed by atoms with van der Waals surface area (Å²) in [5.74, 6) is -0.184. The number of benzene rings is 1. The lowest BCUT2D eigenvalue weighted by Crippen LogP contribution is -2.37. The fourth-order valence-electron chi connectivity index (χ4n) is 3.88. The molecule has 28 heavy (non-hydrogen) atoms. The molecule has 1 aromatic carbocycles. The number of rotatable bonds is 3. The van der Waals surface area contributed by atoms with Gasteiger partial charge in [0.25, 0.3) is 0 Å². The number of hydrogen-bond donors (Lipinski definition) is 1. The minimum atomic E-state index is -0.715. The average Bonchev–Trinajstić information content (AvgIpc) is 2.99. The van der Waals surface area contributed by atoms with E-state index in [4.69, 9.17) is 11.6 Å². The number of carboxylic acids is 1. The first-order chi connectivity index (χ1) is 13.3. The molecule has 3 heterocycles. The number of nitrogens with zero attached hydrogens (tertiary/aromatic N) is 3. The van der Waals surface area contributed by atoms with Crippen LogP contribution in [0.5, 0.6) is 0 Å². The van der Waals surface area contributed by atoms with E-state index in [1.165, 1.54) is 16.0 Å². The summed E-state index contributed by atoms with van der Waals surface area (Å²) in [5, 5.41) is 10.5. The smallest absolute Gasteiger partial charge is 0.306 e. The number of hydrogen-bond acceptors (Lipinski definition) is 5. The third-order valence-electron chi connectivity index (χ3n) is 5.62. The van der Waals surface area contributed by atoms with E-state index in [1.54, 1.807) is 11.3 Å². The van der Waals surface area contributed by atoms with Gasteiger partial charge in [0.2, 0.25) is 5.28 Å². The van der Waals surface area contributed by atoms with E-state index < -0.39 is 5.97 Å². The molecule has 1 aliphatic heterocycles. The summed E-state index contributed by atoms with van der Waals surface area (Å²) in [5.41, 5.74) is 4.81. The van der Waals surface area contributed by atoms with Gasteiger partial charge in [-0.1, -0.05) is 18.2 Å². The van der Waals surface area contributed by atoms with E-state index in [0.717, 1.165) is 27.2 Å². The minimum absolute atomic E-state index is 0.232. The fourth-order valence-corrected chi connectivity index (χ4v) is 5.13. The van der Waals surface area contributed by atoms with Crippen LogP contribution in [-0.2, 0) is 4.79 Å². The SMILES string of the molecule is Cc1ccc(-c2c(C)sc3nc(Cl)nc(N4CCC(C(=O)O)CC4)c23)cc1C. The highest BCUT2D eigenvalue weighted by Gasteiger charge is 2.28. The van der Waals surface area contributed by atoms with E-state index in [2.05, 4.69) is 53.8 Å². The van der Waals surface area contributed by atoms with Gasteiger partial charge in [0, 0.05) is 23.5 Å². The quantitative estimate of drug-likeness (QED) is 0.592. The molecule has 1 aliphatic rings. The molecule has 5 nitrogen and oxygen atoms in total. The number of halogens is 1. The highest BCUT2D eigenvalue weighted by Crippen LogP contribution is 2.43. The van der Waals surface area contributed by atoms with Crippen molar-refractivity contribution >= 4 is 44.9 Å². The molecular formula is C21H22ClN3O2S. The molecule has 0 radical (unpaired) electrons. The largest absolute Gasteiger partial charge is 0.481 e. The van der Waals surface area contributed by atoms with Crippen molar-refractivity contribution in [2.45, 2.75) is 33.6 Å². The van der Waals surface area contributed by atoms with Crippen LogP contribution in [0, 0.1) is 26.7 Å². The van der Waals surface area contributed by atoms with Crippen molar-refractivity contribution in [3.8, 4) is 11.1 Å². The maximum Gasteiger partial charge on any atom is 0.306 e. The Balaban J connectivity index is 1.85. The van der Waals surface area contributed by atoms with Crippen LogP contribution in [0.1, 0.15) is 28.8 Å². The van der Waals surface area contributed by atoms with Gasteiger partial charge in [0.15, 0.2) is 0 Å². The van der Waals surface area contributed by atoms with Crippen LogP contribution in [0.25, 0.3) is 21.3 Å². The molecule has 2 aromatic heterocycles. The second-order valence-corrected chi connectivity index (χ2v) is 8.97. The fraction of sp³-hybridized carbons (Fsp3) is 0.381. The molecule has 0 spiro atoms. The lowest BCUT2D eigenvalue weighted by Gasteiger charge is -2.31. The highest BCUT2D eigenvalue weighted by molar-refractivity contribution is 7.19. The standard InChI is InChI=1S/C21H22ClN3O2S/c1-11-4-5-15(10-12(11)2)16-13(3)28-19-17(16)18(23-21(22)24-19)25-8-6-14(7-9-25)20(26)27/h4-5,10,14H,6-9H2,1-3H3,(H,26,27). The summed E-state index contributed by atoms with van der Waals surface area (Å²) in [4.78, 5) is 24.6. The molecule has 1 N–H and O–H groups in total. The summed E-state index contributed by atoms with van der Waals surface area (Å²) < 4.78 is 0. The normalized spacial score (nSPS) is 15.4. The molecule has 1 fully saturated rings. The van der Waals surface area contributed by atoms with Crippen molar-refractivity contribution in [3.05, 3.63) is 39.5 Å². The summed E-state index contributed by atoms with van der Waals surface area (Å²) in [6, 6.07) is 6.49. The first-order valence-corrected chi connectivity index (χ1v) is 10.6. The van der Waals surface area contributed by atoms with Crippen molar-refractivity contribution in [2.24, 2.45) is 5.92 Å². The van der Waals surface area contributed by atoms with E-state index in [-0.39, 0.29) is 11.2 Å². The highest BCUT2D eigenvalue weighted by atomic mass is 35.5. The van der Waals surface area contributed by atoms with Crippen LogP contribution in [-0.4, -0.2) is 34.1 Å². The van der Waals surface area contributed by atoms with Gasteiger partial charge in [-0.15, -0.1) is 11.3 Å². The molecule has 0 atom stereocenters. The van der Waals surface area contributed by atoms with E-state index >= 15 is 0 Å². The Hall–Kier alpha value is -2.18. The molecule has 3 aromatic rings. The Labute approximate surface area is 173 Å². The van der Waals surface area contributed by atoms with Crippen LogP contribution < -0.4 is 4.90 Å². The molecule has 0 bridgehead atoms. The lowest BCUT2D eigenvalue weighted by molar-refractivity contribution is -0.142. The van der Waals surface area contributed by atoms with Crippen LogP contribution in [0.2, 0.25) is 5.28 Å². The van der Waals surface area contributed by atoms with Crippen LogP contribution in [0.4, 0.5) is 5.82 Å². The number of aliphatic carboxylic acids is 1. The molecule has 0 unspecified atom stereocenters. The second-order valence-electron chi connectivity index (χ2n) is 7.43. The molecule has 1 saturated heterocycles. The molecule has 0 aliphatic carbocycles. The summed E-state index contributed by atoms with van der Waals surface area (Å²) in [7, 11) is 0. The molecule has 4 rings (SSSR count). The average molecular weight is 416 g/mol. The van der Waals surface area contributed by atoms with Gasteiger partial charge < -0.3 is 10.0 Å². The Morgan fingerprint density at radius 2 is 1.89 bits per heavy atom. The van der Waals surface area contributed by atoms with E-state index in [1.807, 2.05) is 0 Å². The number of piperidine rings is 1. The topological polar surface area (TPSA) is 66.3 Å². The number of carbonyl (C=O) groups is 1. The Kier molecular flexibility index (Phi) is 5.02. The summed E-state index contributed by atoms with van der Waals surface area (Å²) in [6.45, 7) is 7.64. The van der Waals surface area contributed by atoms with Gasteiger partial charge in [0.05, 0.1) is 11.3 Å². The number of anilines is 1. The maximum atomic E-state index is 11.3. The first-order valence-electron chi connectivity index (χ1n) is 9.37. The molecular weight excluding hydrogens is 394 g/mol. The van der Waals surface area contributed by atoms with Crippen molar-refractivity contribution in [1.82, 2.24) is 9.97 Å². The van der Waals surface area contributed by atoms with E-state index in [9.17, 15) is 9.90 Å². The zero-order valence-electron chi connectivity index (χ0n) is 16.1. The maximum absolute atomic E-state index is 11.3. The summed E-state index contributed by atoms with van der Waals surface area (Å²) in [6.07, 6.45) is 1.22. The molecule has 0 amide bonds. The molecule has 146 valence electrons. The monoisotopic (exact) mass is 415 g/mol. The Bertz CT molecular complexity index is 1070. The number of aromatic nitrogens is 2. The number of thiophene rings is 1. The van der Waals surface area contributed by atoms with Crippen LogP contribution >= 0.6 is 22.9 Å². The van der Waals surface area contributed by atoms with Gasteiger partial charge in [-0.05, 0) is 61.9 Å². The van der Waals surface area contributed by atoms with Crippen molar-refractivity contribution in [1.29, 1.82) is 0 Å². The number of aryl methyl sites for hydroxylation is 3. The third-order valence-corrected chi connectivity index (χ3v) is 6.79. The van der Waals surface area contributed by atoms with Crippen molar-refractivity contribution < 1.29 is 9.90 Å². The number of fused-ring (bicyclic) bond motifs is 1. The van der Waals surface area contributed by atoms with Crippen molar-refractivity contribution in [2.75, 3.05) is 18.0 Å². The zero-order valence-corrected chi connectivity index (χ0v) is 17.7. The first kappa shape index (κ1) is 19.2. The van der Waals surface area contributed by atoms with Gasteiger partial charge in [-0.2, -0.15) is 4.98 Å². The van der Waals surface area contributed by atoms with Gasteiger partial charge in [-0.3, -0.25) is 4.79 Å². The van der Waals surface area contributed by atoms with Crippen LogP contribution in [0.3, 0.4) is 0 Å². The van der Waals surface area contributed by atoms with Gasteiger partial charge >= 0.3 is 5.97 Å². The molecule has 0 saturated carbocycles. The van der Waals surface area contributed by atoms with Crippen molar-refractivity contribution in [3.63, 3.8) is 0 Å². The predicted octanol–water partition coefficient (Wildman–Crippen LogP) is 5.24. The summed E-state index contributed by atoms with van der Waals surface area (Å²) >= 11 is 7.86. The van der Waals surface area contributed by atoms with E-state index in [0.29, 0.717) is 25.9 Å². The predicted molar refractivity (Wildman–Crippen MR) is 115 cm³/mol. The molecule has 7 heteroatoms. The Morgan fingerprint density at radius 1 is 1.18 bits per heavy atom. The third kappa shape index (κ3) is 3.35.